The number of carbonyl (C=O) groups excluding carboxylic acids is 9. The third kappa shape index (κ3) is 13.7. The molecule has 0 bridgehead atoms. The van der Waals surface area contributed by atoms with E-state index >= 15 is 0 Å². The van der Waals surface area contributed by atoms with Crippen LogP contribution in [0.25, 0.3) is 0 Å². The molecule has 1 aromatic rings. The maximum Gasteiger partial charge on any atom is 0.338 e. The molecule has 1 aromatic carbocycles. The largest absolute Gasteiger partial charge is 0.504 e. The predicted molar refractivity (Wildman–Crippen MR) is 189 cm³/mol. The molecule has 0 spiro atoms. The fourth-order valence-corrected chi connectivity index (χ4v) is 5.93. The molecule has 2 unspecified atom stereocenters. The number of hydrogen-bond acceptors (Lipinski definition) is 23. The number of hydrogen-bond donors (Lipinski definition) is 1. The quantitative estimate of drug-likeness (QED) is 0.175. The summed E-state index contributed by atoms with van der Waals surface area (Å²) in [5.74, 6) is -10.6. The molecule has 2 aliphatic heterocycles. The molecule has 0 aromatic heterocycles. The molecule has 0 radical (unpaired) electrons. The lowest BCUT2D eigenvalue weighted by molar-refractivity contribution is -0.292. The molecular formula is C37H46O23. The molecule has 0 amide bonds. The van der Waals surface area contributed by atoms with Crippen molar-refractivity contribution in [2.75, 3.05) is 19.8 Å². The van der Waals surface area contributed by atoms with Crippen LogP contribution in [0.1, 0.15) is 72.7 Å². The van der Waals surface area contributed by atoms with Crippen molar-refractivity contribution < 1.29 is 110 Å². The number of ether oxygens (including phenoxy) is 13. The average molecular weight is 859 g/mol. The lowest BCUT2D eigenvalue weighted by Crippen LogP contribution is -2.64. The van der Waals surface area contributed by atoms with Crippen LogP contribution >= 0.6 is 0 Å². The van der Waals surface area contributed by atoms with E-state index < -0.39 is 146 Å². The van der Waals surface area contributed by atoms with E-state index in [0.717, 1.165) is 67.5 Å². The van der Waals surface area contributed by atoms with Crippen molar-refractivity contribution in [1.82, 2.24) is 0 Å². The van der Waals surface area contributed by atoms with Gasteiger partial charge in [0.05, 0.1) is 12.2 Å². The molecule has 2 saturated heterocycles. The van der Waals surface area contributed by atoms with Crippen molar-refractivity contribution in [2.45, 2.75) is 124 Å². The number of aromatic hydroxyl groups is 1. The molecule has 0 saturated carbocycles. The van der Waals surface area contributed by atoms with Crippen molar-refractivity contribution in [3.8, 4) is 17.2 Å². The molecule has 10 atom stereocenters. The summed E-state index contributed by atoms with van der Waals surface area (Å²) in [6, 6.07) is 1.84. The fraction of sp³-hybridized carbons (Fsp3) is 0.595. The molecule has 0 aliphatic carbocycles. The van der Waals surface area contributed by atoms with Gasteiger partial charge < -0.3 is 66.7 Å². The highest BCUT2D eigenvalue weighted by Gasteiger charge is 2.55. The van der Waals surface area contributed by atoms with Gasteiger partial charge in [0, 0.05) is 55.4 Å². The van der Waals surface area contributed by atoms with Crippen molar-refractivity contribution >= 4 is 53.7 Å². The van der Waals surface area contributed by atoms with Gasteiger partial charge >= 0.3 is 53.7 Å². The van der Waals surface area contributed by atoms with Gasteiger partial charge in [0.1, 0.15) is 25.4 Å². The Balaban J connectivity index is 2.29. The standard InChI is InChI=1S/C37H46O23/c1-10-48-35(47)23-11-24(46)28(60-37-34(56-22(9)45)32(54-20(7)43)30(52-18(5)41)27(59-37)14-50-16(3)39)25(12-23)57-36-33(55-21(8)44)31(53-19(6)42)29(51-17(4)40)26(58-36)13-49-15(2)38/h11-12,26-27,29-34,36-37,46H,10,13-14H2,1-9H3/t26-,27-,29-,30-,31+,32+,33-,34-,36?,37?/m1/s1. The molecule has 23 nitrogen and oxygen atoms in total. The second-order valence-electron chi connectivity index (χ2n) is 12.9. The molecule has 23 heteroatoms. The molecule has 2 heterocycles. The lowest BCUT2D eigenvalue weighted by Gasteiger charge is -2.44. The van der Waals surface area contributed by atoms with Gasteiger partial charge in [-0.3, -0.25) is 38.4 Å². The first-order valence-corrected chi connectivity index (χ1v) is 18.1. The van der Waals surface area contributed by atoms with E-state index in [1.807, 2.05) is 0 Å². The minimum Gasteiger partial charge on any atom is -0.504 e. The molecule has 3 rings (SSSR count). The fourth-order valence-electron chi connectivity index (χ4n) is 5.93. The molecule has 2 fully saturated rings. The zero-order chi connectivity index (χ0) is 45.0. The maximum absolute atomic E-state index is 13.0. The highest BCUT2D eigenvalue weighted by atomic mass is 16.8. The van der Waals surface area contributed by atoms with E-state index in [1.54, 1.807) is 0 Å². The van der Waals surface area contributed by atoms with E-state index in [4.69, 9.17) is 61.6 Å². The summed E-state index contributed by atoms with van der Waals surface area (Å²) in [7, 11) is 0. The van der Waals surface area contributed by atoms with E-state index in [2.05, 4.69) is 0 Å². The first kappa shape index (κ1) is 48.1. The lowest BCUT2D eigenvalue weighted by atomic mass is 9.98. The van der Waals surface area contributed by atoms with Gasteiger partial charge in [0.2, 0.25) is 30.5 Å². The van der Waals surface area contributed by atoms with Crippen LogP contribution in [0, 0.1) is 0 Å². The minimum absolute atomic E-state index is 0.127. The Morgan fingerprint density at radius 2 is 0.867 bits per heavy atom. The van der Waals surface area contributed by atoms with Crippen LogP contribution < -0.4 is 9.47 Å². The van der Waals surface area contributed by atoms with Crippen LogP contribution in [0.2, 0.25) is 0 Å². The van der Waals surface area contributed by atoms with Crippen LogP contribution in [0.15, 0.2) is 12.1 Å². The SMILES string of the molecule is CCOC(=O)c1cc(O)c(OC2O[C@H](COC(C)=O)[C@@H](OC(C)=O)[C@H](OC(C)=O)[C@H]2OC(C)=O)c(OC2O[C@H](COC(C)=O)[C@@H](OC(C)=O)[C@H](OC(C)=O)[C@H]2OC(C)=O)c1. The van der Waals surface area contributed by atoms with Gasteiger partial charge in [-0.2, -0.15) is 0 Å². The van der Waals surface area contributed by atoms with Gasteiger partial charge in [0.15, 0.2) is 35.9 Å². The predicted octanol–water partition coefficient (Wildman–Crippen LogP) is 0.493. The van der Waals surface area contributed by atoms with Gasteiger partial charge in [-0.05, 0) is 19.1 Å². The smallest absolute Gasteiger partial charge is 0.338 e. The van der Waals surface area contributed by atoms with Crippen molar-refractivity contribution in [3.05, 3.63) is 17.7 Å². The Kier molecular flexibility index (Phi) is 17.4. The topological polar surface area (TPSA) is 294 Å². The number of phenols is 1. The highest BCUT2D eigenvalue weighted by Crippen LogP contribution is 2.43. The highest BCUT2D eigenvalue weighted by molar-refractivity contribution is 5.91. The van der Waals surface area contributed by atoms with Gasteiger partial charge in [0.25, 0.3) is 0 Å². The van der Waals surface area contributed by atoms with Crippen molar-refractivity contribution in [3.63, 3.8) is 0 Å². The Bertz CT molecular complexity index is 1790. The average Bonchev–Trinajstić information content (AvgIpc) is 3.11. The van der Waals surface area contributed by atoms with Crippen LogP contribution in [-0.4, -0.2) is 140 Å². The molecule has 332 valence electrons. The second-order valence-corrected chi connectivity index (χ2v) is 12.9. The third-order valence-corrected chi connectivity index (χ3v) is 7.92. The van der Waals surface area contributed by atoms with Crippen LogP contribution in [0.3, 0.4) is 0 Å². The molecular weight excluding hydrogens is 812 g/mol. The maximum atomic E-state index is 13.0. The zero-order valence-electron chi connectivity index (χ0n) is 34.0. The van der Waals surface area contributed by atoms with Crippen LogP contribution in [-0.2, 0) is 90.5 Å². The van der Waals surface area contributed by atoms with E-state index in [-0.39, 0.29) is 12.2 Å². The number of phenolic OH excluding ortho intramolecular Hbond substituents is 1. The van der Waals surface area contributed by atoms with Gasteiger partial charge in [-0.15, -0.1) is 0 Å². The summed E-state index contributed by atoms with van der Waals surface area (Å²) in [5.41, 5.74) is -0.371. The number of carbonyl (C=O) groups is 9. The number of esters is 9. The molecule has 1 N–H and O–H groups in total. The first-order chi connectivity index (χ1) is 28.1. The third-order valence-electron chi connectivity index (χ3n) is 7.92. The summed E-state index contributed by atoms with van der Waals surface area (Å²) in [5, 5.41) is 11.5. The first-order valence-electron chi connectivity index (χ1n) is 18.1. The summed E-state index contributed by atoms with van der Waals surface area (Å²) < 4.78 is 72.0. The second kappa shape index (κ2) is 21.7. The summed E-state index contributed by atoms with van der Waals surface area (Å²) >= 11 is 0. The Hall–Kier alpha value is -6.23. The van der Waals surface area contributed by atoms with Crippen molar-refractivity contribution in [2.24, 2.45) is 0 Å². The van der Waals surface area contributed by atoms with Crippen molar-refractivity contribution in [1.29, 1.82) is 0 Å². The normalized spacial score (nSPS) is 25.8. The minimum atomic E-state index is -1.97. The Morgan fingerprint density at radius 1 is 0.500 bits per heavy atom. The van der Waals surface area contributed by atoms with E-state index in [0.29, 0.717) is 0 Å². The van der Waals surface area contributed by atoms with E-state index in [1.165, 1.54) is 6.92 Å². The van der Waals surface area contributed by atoms with Gasteiger partial charge in [-0.1, -0.05) is 0 Å². The summed E-state index contributed by atoms with van der Waals surface area (Å²) in [6.07, 6.45) is -17.2. The number of rotatable bonds is 16. The summed E-state index contributed by atoms with van der Waals surface area (Å²) in [6.45, 7) is 8.12. The zero-order valence-corrected chi connectivity index (χ0v) is 34.0. The Morgan fingerprint density at radius 3 is 1.23 bits per heavy atom. The summed E-state index contributed by atoms with van der Waals surface area (Å²) in [4.78, 5) is 111. The molecule has 60 heavy (non-hydrogen) atoms. The molecule has 2 aliphatic rings. The van der Waals surface area contributed by atoms with E-state index in [9.17, 15) is 48.3 Å². The Labute approximate surface area is 341 Å². The monoisotopic (exact) mass is 858 g/mol. The van der Waals surface area contributed by atoms with Gasteiger partial charge in [-0.25, -0.2) is 4.79 Å². The van der Waals surface area contributed by atoms with Crippen LogP contribution in [0.4, 0.5) is 0 Å². The van der Waals surface area contributed by atoms with Crippen LogP contribution in [0.5, 0.6) is 17.2 Å². The number of benzene rings is 1.